The third-order valence-corrected chi connectivity index (χ3v) is 17.7. The molecule has 0 fully saturated rings. The lowest BCUT2D eigenvalue weighted by Gasteiger charge is -2.21. The fourth-order valence-electron chi connectivity index (χ4n) is 10.3. The molecule has 522 valence electrons. The number of rotatable bonds is 66. The van der Waals surface area contributed by atoms with E-state index in [1.54, 1.807) is 0 Å². The zero-order valence-electron chi connectivity index (χ0n) is 57.3. The lowest BCUT2D eigenvalue weighted by Crippen LogP contribution is -2.30. The van der Waals surface area contributed by atoms with Crippen LogP contribution in [0, 0.1) is 23.7 Å². The third-order valence-electron chi connectivity index (χ3n) is 15.8. The summed E-state index contributed by atoms with van der Waals surface area (Å²) >= 11 is 0. The number of aliphatic hydroxyl groups excluding tert-OH is 1. The van der Waals surface area contributed by atoms with Gasteiger partial charge in [0.2, 0.25) is 0 Å². The Balaban J connectivity index is 5.24. The van der Waals surface area contributed by atoms with Crippen LogP contribution in [0.15, 0.2) is 0 Å². The summed E-state index contributed by atoms with van der Waals surface area (Å²) in [4.78, 5) is 72.4. The Bertz CT molecular complexity index is 1750. The summed E-state index contributed by atoms with van der Waals surface area (Å²) in [6, 6.07) is 0. The van der Waals surface area contributed by atoms with Gasteiger partial charge in [0.05, 0.1) is 26.4 Å². The van der Waals surface area contributed by atoms with E-state index < -0.39 is 97.5 Å². The van der Waals surface area contributed by atoms with Gasteiger partial charge in [-0.2, -0.15) is 0 Å². The summed E-state index contributed by atoms with van der Waals surface area (Å²) in [5.41, 5.74) is 0. The molecule has 19 heteroatoms. The van der Waals surface area contributed by atoms with Gasteiger partial charge in [0.1, 0.15) is 19.3 Å². The van der Waals surface area contributed by atoms with Crippen molar-refractivity contribution in [3.8, 4) is 0 Å². The molecule has 5 atom stereocenters. The molecule has 0 saturated carbocycles. The molecule has 0 radical (unpaired) electrons. The maximum Gasteiger partial charge on any atom is 0.472 e. The highest BCUT2D eigenvalue weighted by Gasteiger charge is 2.30. The molecule has 3 N–H and O–H groups in total. The van der Waals surface area contributed by atoms with Crippen LogP contribution in [-0.2, 0) is 65.4 Å². The second kappa shape index (κ2) is 58.8. The van der Waals surface area contributed by atoms with Gasteiger partial charge in [-0.25, -0.2) is 9.13 Å². The average Bonchev–Trinajstić information content (AvgIpc) is 3.51. The molecular formula is C69H134O17P2. The summed E-state index contributed by atoms with van der Waals surface area (Å²) in [6.45, 7) is 14.0. The van der Waals surface area contributed by atoms with Crippen LogP contribution in [0.2, 0.25) is 0 Å². The molecule has 3 unspecified atom stereocenters. The van der Waals surface area contributed by atoms with Crippen molar-refractivity contribution >= 4 is 39.5 Å². The Labute approximate surface area is 537 Å². The van der Waals surface area contributed by atoms with Gasteiger partial charge in [-0.3, -0.25) is 37.3 Å². The van der Waals surface area contributed by atoms with E-state index in [1.807, 2.05) is 0 Å². The van der Waals surface area contributed by atoms with Crippen LogP contribution in [0.25, 0.3) is 0 Å². The van der Waals surface area contributed by atoms with Crippen LogP contribution in [0.1, 0.15) is 338 Å². The normalized spacial score (nSPS) is 14.3. The van der Waals surface area contributed by atoms with E-state index in [4.69, 9.17) is 37.0 Å². The first-order valence-electron chi connectivity index (χ1n) is 35.7. The predicted octanol–water partition coefficient (Wildman–Crippen LogP) is 19.3. The number of phosphoric ester groups is 2. The molecule has 0 aliphatic carbocycles. The van der Waals surface area contributed by atoms with Gasteiger partial charge in [0.15, 0.2) is 12.2 Å². The first kappa shape index (κ1) is 86.1. The maximum absolute atomic E-state index is 13.0. The molecule has 17 nitrogen and oxygen atoms in total. The average molecular weight is 1300 g/mol. The Morgan fingerprint density at radius 2 is 0.477 bits per heavy atom. The molecule has 0 aromatic carbocycles. The van der Waals surface area contributed by atoms with Gasteiger partial charge >= 0.3 is 39.5 Å². The number of carbonyl (C=O) groups excluding carboxylic acids is 4. The van der Waals surface area contributed by atoms with Crippen molar-refractivity contribution in [2.45, 2.75) is 356 Å². The van der Waals surface area contributed by atoms with E-state index in [0.717, 1.165) is 108 Å². The monoisotopic (exact) mass is 1300 g/mol. The van der Waals surface area contributed by atoms with Gasteiger partial charge in [-0.1, -0.05) is 287 Å². The predicted molar refractivity (Wildman–Crippen MR) is 354 cm³/mol. The van der Waals surface area contributed by atoms with Crippen molar-refractivity contribution < 1.29 is 80.2 Å². The molecule has 0 spiro atoms. The van der Waals surface area contributed by atoms with Gasteiger partial charge in [-0.05, 0) is 49.4 Å². The van der Waals surface area contributed by atoms with Gasteiger partial charge in [-0.15, -0.1) is 0 Å². The molecule has 0 aliphatic rings. The van der Waals surface area contributed by atoms with Crippen molar-refractivity contribution in [1.29, 1.82) is 0 Å². The van der Waals surface area contributed by atoms with Gasteiger partial charge < -0.3 is 33.8 Å². The highest BCUT2D eigenvalue weighted by Crippen LogP contribution is 2.45. The summed E-state index contributed by atoms with van der Waals surface area (Å²) in [5, 5.41) is 10.6. The molecule has 0 aliphatic heterocycles. The minimum Gasteiger partial charge on any atom is -0.462 e. The summed E-state index contributed by atoms with van der Waals surface area (Å²) in [6.07, 6.45) is 40.5. The van der Waals surface area contributed by atoms with Crippen LogP contribution in [0.4, 0.5) is 0 Å². The largest absolute Gasteiger partial charge is 0.472 e. The molecule has 0 amide bonds. The van der Waals surface area contributed by atoms with Crippen molar-refractivity contribution in [2.24, 2.45) is 23.7 Å². The number of ether oxygens (including phenoxy) is 4. The Kier molecular flexibility index (Phi) is 57.6. The number of esters is 4. The lowest BCUT2D eigenvalue weighted by atomic mass is 10.0. The first-order valence-corrected chi connectivity index (χ1v) is 38.7. The van der Waals surface area contributed by atoms with E-state index in [1.165, 1.54) is 135 Å². The van der Waals surface area contributed by atoms with Gasteiger partial charge in [0.25, 0.3) is 0 Å². The first-order chi connectivity index (χ1) is 42.1. The standard InChI is InChI=1S/C69H134O17P2/c1-59(2)45-37-29-21-15-12-10-9-11-13-17-26-35-43-51-68(73)85-64(55-79-66(71)49-41-33-25-18-14-16-22-30-38-46-60(3)4)57-83-87(75,76)81-53-63(70)54-82-88(77,78)84-58-65(86-69(74)52-44-36-28-20-24-32-40-48-62(7)8)56-80-67(72)50-42-34-27-19-23-31-39-47-61(5)6/h59-65,70H,9-58H2,1-8H3,(H,75,76)(H,77,78)/t63?,64-,65-/m1/s1. The van der Waals surface area contributed by atoms with E-state index >= 15 is 0 Å². The molecule has 0 saturated heterocycles. The molecule has 88 heavy (non-hydrogen) atoms. The van der Waals surface area contributed by atoms with Gasteiger partial charge in [0, 0.05) is 25.7 Å². The van der Waals surface area contributed by atoms with E-state index in [-0.39, 0.29) is 25.7 Å². The Morgan fingerprint density at radius 1 is 0.284 bits per heavy atom. The van der Waals surface area contributed by atoms with Crippen molar-refractivity contribution in [2.75, 3.05) is 39.6 Å². The van der Waals surface area contributed by atoms with E-state index in [0.29, 0.717) is 37.5 Å². The number of hydrogen-bond donors (Lipinski definition) is 3. The summed E-state index contributed by atoms with van der Waals surface area (Å²) in [5.74, 6) is 0.798. The lowest BCUT2D eigenvalue weighted by molar-refractivity contribution is -0.161. The number of carbonyl (C=O) groups is 4. The quantitative estimate of drug-likeness (QED) is 0.0222. The van der Waals surface area contributed by atoms with Crippen LogP contribution in [0.5, 0.6) is 0 Å². The van der Waals surface area contributed by atoms with Crippen LogP contribution >= 0.6 is 15.6 Å². The summed E-state index contributed by atoms with van der Waals surface area (Å²) in [7, 11) is -9.90. The SMILES string of the molecule is CC(C)CCCCCCCCCCCCCCCC(=O)O[C@H](COC(=O)CCCCCCCCCCCC(C)C)COP(=O)(O)OCC(O)COP(=O)(O)OC[C@@H](COC(=O)CCCCCCCCCC(C)C)OC(=O)CCCCCCCCCC(C)C. The maximum atomic E-state index is 13.0. The fraction of sp³-hybridized carbons (Fsp3) is 0.942. The molecule has 0 aromatic rings. The highest BCUT2D eigenvalue weighted by molar-refractivity contribution is 7.47. The number of aliphatic hydroxyl groups is 1. The number of unbranched alkanes of at least 4 members (excludes halogenated alkanes) is 32. The second-order valence-electron chi connectivity index (χ2n) is 26.8. The highest BCUT2D eigenvalue weighted by atomic mass is 31.2. The second-order valence-corrected chi connectivity index (χ2v) is 29.7. The number of phosphoric acid groups is 2. The smallest absolute Gasteiger partial charge is 0.462 e. The van der Waals surface area contributed by atoms with Crippen molar-refractivity contribution in [3.05, 3.63) is 0 Å². The molecule has 0 heterocycles. The fourth-order valence-corrected chi connectivity index (χ4v) is 11.9. The number of hydrogen-bond acceptors (Lipinski definition) is 15. The van der Waals surface area contributed by atoms with E-state index in [2.05, 4.69) is 55.4 Å². The van der Waals surface area contributed by atoms with E-state index in [9.17, 15) is 43.2 Å². The minimum absolute atomic E-state index is 0.102. The topological polar surface area (TPSA) is 237 Å². The van der Waals surface area contributed by atoms with Crippen LogP contribution < -0.4 is 0 Å². The molecule has 0 aromatic heterocycles. The van der Waals surface area contributed by atoms with Crippen LogP contribution in [-0.4, -0.2) is 96.7 Å². The summed E-state index contributed by atoms with van der Waals surface area (Å²) < 4.78 is 68.2. The Morgan fingerprint density at radius 3 is 0.705 bits per heavy atom. The Hall–Kier alpha value is -1.94. The molecular weight excluding hydrogens is 1160 g/mol. The third kappa shape index (κ3) is 62.8. The zero-order valence-corrected chi connectivity index (χ0v) is 59.1. The zero-order chi connectivity index (χ0) is 65.4. The van der Waals surface area contributed by atoms with Crippen molar-refractivity contribution in [3.63, 3.8) is 0 Å². The minimum atomic E-state index is -4.95. The van der Waals surface area contributed by atoms with Crippen LogP contribution in [0.3, 0.4) is 0 Å². The molecule has 0 rings (SSSR count). The van der Waals surface area contributed by atoms with Crippen molar-refractivity contribution in [1.82, 2.24) is 0 Å². The molecule has 0 bridgehead atoms.